The van der Waals surface area contributed by atoms with Gasteiger partial charge in [-0.05, 0) is 36.4 Å². The molecule has 1 aromatic heterocycles. The van der Waals surface area contributed by atoms with E-state index in [9.17, 15) is 4.79 Å². The van der Waals surface area contributed by atoms with Gasteiger partial charge in [0.05, 0.1) is 25.8 Å². The third-order valence-corrected chi connectivity index (χ3v) is 6.02. The van der Waals surface area contributed by atoms with Crippen molar-refractivity contribution in [3.8, 4) is 11.4 Å². The molecule has 5 rings (SSSR count). The Hall–Kier alpha value is -2.54. The average molecular weight is 428 g/mol. The van der Waals surface area contributed by atoms with E-state index in [1.165, 1.54) is 5.69 Å². The normalized spacial score (nSPS) is 17.4. The molecule has 0 saturated carbocycles. The van der Waals surface area contributed by atoms with Crippen LogP contribution in [0.5, 0.6) is 5.75 Å². The zero-order valence-electron chi connectivity index (χ0n) is 17.0. The van der Waals surface area contributed by atoms with Crippen LogP contribution in [0.15, 0.2) is 59.5 Å². The maximum atomic E-state index is 12.2. The summed E-state index contributed by atoms with van der Waals surface area (Å²) in [5.41, 5.74) is 3.13. The van der Waals surface area contributed by atoms with Crippen LogP contribution in [-0.4, -0.2) is 62.0 Å². The molecule has 158 valence electrons. The van der Waals surface area contributed by atoms with Crippen LogP contribution in [0.4, 0.5) is 5.69 Å². The van der Waals surface area contributed by atoms with Gasteiger partial charge in [0.25, 0.3) is 0 Å². The Labute approximate surface area is 182 Å². The molecule has 7 heteroatoms. The van der Waals surface area contributed by atoms with Gasteiger partial charge in [-0.2, -0.15) is 0 Å². The molecule has 0 bridgehead atoms. The number of ether oxygens (including phenoxy) is 2. The van der Waals surface area contributed by atoms with Crippen LogP contribution in [0.1, 0.15) is 0 Å². The molecule has 6 nitrogen and oxygen atoms in total. The summed E-state index contributed by atoms with van der Waals surface area (Å²) in [4.78, 5) is 17.2. The molecule has 0 N–H and O–H groups in total. The minimum absolute atomic E-state index is 0. The number of aromatic nitrogens is 1. The lowest BCUT2D eigenvalue weighted by molar-refractivity contribution is 0.0105. The van der Waals surface area contributed by atoms with Crippen LogP contribution in [0, 0.1) is 0 Å². The van der Waals surface area contributed by atoms with Crippen molar-refractivity contribution in [3.63, 3.8) is 0 Å². The Morgan fingerprint density at radius 3 is 2.37 bits per heavy atom. The van der Waals surface area contributed by atoms with E-state index in [1.807, 2.05) is 29.0 Å². The molecule has 3 aromatic rings. The summed E-state index contributed by atoms with van der Waals surface area (Å²) in [6, 6.07) is 16.4. The highest BCUT2D eigenvalue weighted by molar-refractivity contribution is 5.85. The van der Waals surface area contributed by atoms with E-state index in [0.717, 1.165) is 56.3 Å². The van der Waals surface area contributed by atoms with Crippen LogP contribution < -0.4 is 15.1 Å². The predicted molar refractivity (Wildman–Crippen MR) is 122 cm³/mol. The van der Waals surface area contributed by atoms with E-state index in [0.29, 0.717) is 11.4 Å². The van der Waals surface area contributed by atoms with Crippen LogP contribution in [-0.2, 0) is 4.74 Å². The minimum atomic E-state index is 0. The maximum Gasteiger partial charge on any atom is 0.189 e. The fourth-order valence-corrected chi connectivity index (χ4v) is 4.25. The number of morpholine rings is 1. The smallest absolute Gasteiger partial charge is 0.189 e. The fourth-order valence-electron chi connectivity index (χ4n) is 4.25. The van der Waals surface area contributed by atoms with Gasteiger partial charge in [0.2, 0.25) is 0 Å². The number of rotatable bonds is 4. The van der Waals surface area contributed by atoms with Crippen molar-refractivity contribution in [2.24, 2.45) is 0 Å². The molecule has 2 aliphatic rings. The van der Waals surface area contributed by atoms with Crippen LogP contribution in [0.25, 0.3) is 16.6 Å². The molecule has 2 fully saturated rings. The van der Waals surface area contributed by atoms with E-state index in [1.54, 1.807) is 13.2 Å². The van der Waals surface area contributed by atoms with Crippen LogP contribution in [0.3, 0.4) is 0 Å². The molecular formula is C23H26ClN3O3. The molecule has 0 unspecified atom stereocenters. The van der Waals surface area contributed by atoms with E-state index in [2.05, 4.69) is 34.1 Å². The molecule has 30 heavy (non-hydrogen) atoms. The molecule has 0 atom stereocenters. The predicted octanol–water partition coefficient (Wildman–Crippen LogP) is 2.94. The Morgan fingerprint density at radius 2 is 1.67 bits per heavy atom. The number of fused-ring (bicyclic) bond motifs is 1. The van der Waals surface area contributed by atoms with Gasteiger partial charge in [-0.1, -0.05) is 0 Å². The van der Waals surface area contributed by atoms with E-state index in [4.69, 9.17) is 9.47 Å². The van der Waals surface area contributed by atoms with Crippen LogP contribution >= 0.6 is 12.4 Å². The molecule has 0 aliphatic carbocycles. The topological polar surface area (TPSA) is 46.9 Å². The van der Waals surface area contributed by atoms with Gasteiger partial charge in [0, 0.05) is 67.3 Å². The summed E-state index contributed by atoms with van der Waals surface area (Å²) in [6.45, 7) is 5.92. The van der Waals surface area contributed by atoms with Crippen LogP contribution in [0.2, 0.25) is 0 Å². The summed E-state index contributed by atoms with van der Waals surface area (Å²) in [7, 11) is 1.64. The van der Waals surface area contributed by atoms with E-state index >= 15 is 0 Å². The number of benzene rings is 2. The van der Waals surface area contributed by atoms with Crippen molar-refractivity contribution >= 4 is 29.0 Å². The van der Waals surface area contributed by atoms with Crippen molar-refractivity contribution in [1.82, 2.24) is 9.47 Å². The molecule has 2 aliphatic heterocycles. The molecule has 2 saturated heterocycles. The van der Waals surface area contributed by atoms with E-state index in [-0.39, 0.29) is 17.8 Å². The first-order chi connectivity index (χ1) is 14.2. The quantitative estimate of drug-likeness (QED) is 0.640. The van der Waals surface area contributed by atoms with Gasteiger partial charge in [-0.3, -0.25) is 9.69 Å². The second-order valence-corrected chi connectivity index (χ2v) is 7.66. The Bertz CT molecular complexity index is 1070. The minimum Gasteiger partial charge on any atom is -0.497 e. The van der Waals surface area contributed by atoms with Crippen molar-refractivity contribution in [1.29, 1.82) is 0 Å². The average Bonchev–Trinajstić information content (AvgIpc) is 2.74. The highest BCUT2D eigenvalue weighted by Gasteiger charge is 2.32. The number of halogens is 1. The molecule has 3 heterocycles. The van der Waals surface area contributed by atoms with Gasteiger partial charge in [0.1, 0.15) is 5.75 Å². The number of nitrogens with zero attached hydrogens (tertiary/aromatic N) is 3. The number of hydrogen-bond donors (Lipinski definition) is 0. The zero-order chi connectivity index (χ0) is 19.8. The molecule has 2 aromatic carbocycles. The second kappa shape index (κ2) is 8.68. The van der Waals surface area contributed by atoms with Crippen molar-refractivity contribution in [2.45, 2.75) is 6.04 Å². The number of methoxy groups -OCH3 is 1. The lowest BCUT2D eigenvalue weighted by Gasteiger charge is -2.47. The van der Waals surface area contributed by atoms with Gasteiger partial charge >= 0.3 is 0 Å². The summed E-state index contributed by atoms with van der Waals surface area (Å²) in [6.07, 6.45) is 1.83. The summed E-state index contributed by atoms with van der Waals surface area (Å²) < 4.78 is 12.8. The van der Waals surface area contributed by atoms with Gasteiger partial charge < -0.3 is 18.9 Å². The Morgan fingerprint density at radius 1 is 0.967 bits per heavy atom. The standard InChI is InChI=1S/C23H25N3O3.ClH/c1-28-20-6-7-21-22(14-20)26(9-8-23(21)27)18-4-2-17(3-5-18)25-15-19(16-25)24-10-12-29-13-11-24;/h2-9,14,19H,10-13,15-16H2,1H3;1H. The monoisotopic (exact) mass is 427 g/mol. The number of pyridine rings is 1. The largest absolute Gasteiger partial charge is 0.497 e. The molecular weight excluding hydrogens is 402 g/mol. The maximum absolute atomic E-state index is 12.2. The first-order valence-electron chi connectivity index (χ1n) is 10.1. The highest BCUT2D eigenvalue weighted by Crippen LogP contribution is 2.27. The van der Waals surface area contributed by atoms with Crippen molar-refractivity contribution in [2.75, 3.05) is 51.4 Å². The van der Waals surface area contributed by atoms with Crippen molar-refractivity contribution < 1.29 is 9.47 Å². The lowest BCUT2D eigenvalue weighted by atomic mass is 10.0. The Balaban J connectivity index is 0.00000218. The van der Waals surface area contributed by atoms with Gasteiger partial charge in [0.15, 0.2) is 5.43 Å². The molecule has 0 radical (unpaired) electrons. The zero-order valence-corrected chi connectivity index (χ0v) is 17.8. The number of hydrogen-bond acceptors (Lipinski definition) is 5. The number of anilines is 1. The summed E-state index contributed by atoms with van der Waals surface area (Å²) in [5.74, 6) is 0.739. The molecule has 0 amide bonds. The fraction of sp³-hybridized carbons (Fsp3) is 0.348. The van der Waals surface area contributed by atoms with Gasteiger partial charge in [-0.25, -0.2) is 0 Å². The third kappa shape index (κ3) is 3.78. The highest BCUT2D eigenvalue weighted by atomic mass is 35.5. The first-order valence-corrected chi connectivity index (χ1v) is 10.1. The molecule has 0 spiro atoms. The van der Waals surface area contributed by atoms with E-state index < -0.39 is 0 Å². The summed E-state index contributed by atoms with van der Waals surface area (Å²) >= 11 is 0. The lowest BCUT2D eigenvalue weighted by Crippen LogP contribution is -2.61. The summed E-state index contributed by atoms with van der Waals surface area (Å²) in [5, 5.41) is 0.688. The first kappa shape index (κ1) is 20.7. The van der Waals surface area contributed by atoms with Crippen molar-refractivity contribution in [3.05, 3.63) is 65.0 Å². The van der Waals surface area contributed by atoms with Gasteiger partial charge in [-0.15, -0.1) is 12.4 Å². The SMILES string of the molecule is COc1ccc2c(=O)ccn(-c3ccc(N4CC(N5CCOCC5)C4)cc3)c2c1.Cl. The Kier molecular flexibility index (Phi) is 5.99. The third-order valence-electron chi connectivity index (χ3n) is 6.02. The second-order valence-electron chi connectivity index (χ2n) is 7.66.